The lowest BCUT2D eigenvalue weighted by molar-refractivity contribution is -0.0231. The van der Waals surface area contributed by atoms with Crippen molar-refractivity contribution in [1.82, 2.24) is 19.7 Å². The smallest absolute Gasteiger partial charge is 0.256 e. The first-order chi connectivity index (χ1) is 15.1. The summed E-state index contributed by atoms with van der Waals surface area (Å²) in [7, 11) is 0. The highest BCUT2D eigenvalue weighted by Crippen LogP contribution is 2.38. The molecule has 0 spiro atoms. The number of carbonyl (C=O) groups excluding carboxylic acids is 1. The number of amides is 1. The van der Waals surface area contributed by atoms with Gasteiger partial charge in [-0.25, -0.2) is 14.1 Å². The van der Waals surface area contributed by atoms with Crippen LogP contribution in [0.25, 0.3) is 5.69 Å². The van der Waals surface area contributed by atoms with Gasteiger partial charge in [-0.05, 0) is 61.1 Å². The topological polar surface area (TPSA) is 80.5 Å². The van der Waals surface area contributed by atoms with Crippen molar-refractivity contribution < 1.29 is 19.0 Å². The van der Waals surface area contributed by atoms with Gasteiger partial charge in [-0.2, -0.15) is 5.10 Å². The third-order valence-corrected chi connectivity index (χ3v) is 6.27. The van der Waals surface area contributed by atoms with Crippen LogP contribution < -0.4 is 4.74 Å². The summed E-state index contributed by atoms with van der Waals surface area (Å²) in [5.74, 6) is 0.636. The largest absolute Gasteiger partial charge is 0.488 e. The van der Waals surface area contributed by atoms with E-state index >= 15 is 0 Å². The molecule has 4 atom stereocenters. The fourth-order valence-corrected chi connectivity index (χ4v) is 4.73. The second kappa shape index (κ2) is 8.11. The Bertz CT molecular complexity index is 1060. The maximum atomic E-state index is 13.3. The minimum absolute atomic E-state index is 0.0500. The number of hydrogen-bond donors (Lipinski definition) is 1. The van der Waals surface area contributed by atoms with E-state index in [2.05, 4.69) is 10.1 Å². The van der Waals surface area contributed by atoms with Crippen molar-refractivity contribution in [2.45, 2.75) is 25.0 Å². The molecule has 1 saturated heterocycles. The fraction of sp³-hybridized carbons (Fsp3) is 0.348. The minimum Gasteiger partial charge on any atom is -0.488 e. The molecule has 2 heterocycles. The molecule has 7 nitrogen and oxygen atoms in total. The van der Waals surface area contributed by atoms with Crippen LogP contribution in [0.3, 0.4) is 0 Å². The standard InChI is InChI=1S/C23H23FN4O3/c24-17-5-7-18(8-6-17)31-22-10-16-12-27(11-15(16)9-21(22)29)23(30)19-3-1-2-4-20(19)28-14-25-13-26-28/h1-8,13-16,21-22,29H,9-12H2/t15-,16+,21+,22+/m0/s1. The molecule has 1 amide bonds. The summed E-state index contributed by atoms with van der Waals surface area (Å²) in [4.78, 5) is 19.2. The highest BCUT2D eigenvalue weighted by atomic mass is 19.1. The highest BCUT2D eigenvalue weighted by Gasteiger charge is 2.44. The zero-order valence-electron chi connectivity index (χ0n) is 16.8. The van der Waals surface area contributed by atoms with E-state index in [-0.39, 0.29) is 29.7 Å². The quantitative estimate of drug-likeness (QED) is 0.699. The zero-order valence-corrected chi connectivity index (χ0v) is 16.8. The molecule has 1 aliphatic heterocycles. The van der Waals surface area contributed by atoms with Gasteiger partial charge in [-0.15, -0.1) is 0 Å². The molecule has 1 saturated carbocycles. The first kappa shape index (κ1) is 19.7. The lowest BCUT2D eigenvalue weighted by atomic mass is 9.78. The number of aromatic nitrogens is 3. The molecule has 31 heavy (non-hydrogen) atoms. The summed E-state index contributed by atoms with van der Waals surface area (Å²) < 4.78 is 20.7. The number of benzene rings is 2. The van der Waals surface area contributed by atoms with Crippen LogP contribution in [0, 0.1) is 17.7 Å². The van der Waals surface area contributed by atoms with E-state index in [1.807, 2.05) is 23.1 Å². The predicted molar refractivity (Wildman–Crippen MR) is 110 cm³/mol. The maximum absolute atomic E-state index is 13.3. The summed E-state index contributed by atoms with van der Waals surface area (Å²) in [6.45, 7) is 1.22. The van der Waals surface area contributed by atoms with E-state index in [4.69, 9.17) is 4.74 Å². The van der Waals surface area contributed by atoms with Gasteiger partial charge in [0.15, 0.2) is 0 Å². The van der Waals surface area contributed by atoms with E-state index < -0.39 is 6.10 Å². The van der Waals surface area contributed by atoms with Crippen molar-refractivity contribution in [1.29, 1.82) is 0 Å². The molecular weight excluding hydrogens is 399 g/mol. The number of para-hydroxylation sites is 1. The van der Waals surface area contributed by atoms with Crippen LogP contribution in [0.4, 0.5) is 4.39 Å². The van der Waals surface area contributed by atoms with Crippen molar-refractivity contribution >= 4 is 5.91 Å². The van der Waals surface area contributed by atoms with E-state index in [9.17, 15) is 14.3 Å². The average molecular weight is 422 g/mol. The summed E-state index contributed by atoms with van der Waals surface area (Å²) in [6, 6.07) is 13.2. The van der Waals surface area contributed by atoms with Crippen molar-refractivity contribution in [3.05, 3.63) is 72.6 Å². The van der Waals surface area contributed by atoms with Crippen LogP contribution >= 0.6 is 0 Å². The number of aliphatic hydroxyl groups is 1. The molecule has 0 radical (unpaired) electrons. The summed E-state index contributed by atoms with van der Waals surface area (Å²) in [6.07, 6.45) is 3.24. The number of rotatable bonds is 4. The number of aliphatic hydroxyl groups excluding tert-OH is 1. The van der Waals surface area contributed by atoms with Crippen molar-refractivity contribution in [2.75, 3.05) is 13.1 Å². The van der Waals surface area contributed by atoms with Gasteiger partial charge < -0.3 is 14.7 Å². The van der Waals surface area contributed by atoms with E-state index in [1.165, 1.54) is 18.5 Å². The normalized spacial score (nSPS) is 25.3. The van der Waals surface area contributed by atoms with Gasteiger partial charge in [0, 0.05) is 13.1 Å². The lowest BCUT2D eigenvalue weighted by Crippen LogP contribution is -2.42. The molecule has 2 aromatic carbocycles. The van der Waals surface area contributed by atoms with Gasteiger partial charge in [0.05, 0.1) is 17.4 Å². The summed E-state index contributed by atoms with van der Waals surface area (Å²) >= 11 is 0. The number of ether oxygens (including phenoxy) is 1. The molecule has 3 aromatic rings. The number of carbonyl (C=O) groups is 1. The Morgan fingerprint density at radius 2 is 1.81 bits per heavy atom. The average Bonchev–Trinajstić information content (AvgIpc) is 3.45. The fourth-order valence-electron chi connectivity index (χ4n) is 4.73. The number of nitrogens with zero attached hydrogens (tertiary/aromatic N) is 4. The van der Waals surface area contributed by atoms with Crippen LogP contribution in [-0.2, 0) is 0 Å². The van der Waals surface area contributed by atoms with Crippen LogP contribution in [0.2, 0.25) is 0 Å². The molecule has 160 valence electrons. The van der Waals surface area contributed by atoms with Gasteiger partial charge in [0.2, 0.25) is 0 Å². The number of likely N-dealkylation sites (tertiary alicyclic amines) is 1. The minimum atomic E-state index is -0.621. The zero-order chi connectivity index (χ0) is 21.4. The van der Waals surface area contributed by atoms with Crippen molar-refractivity contribution in [2.24, 2.45) is 11.8 Å². The SMILES string of the molecule is O=C(c1ccccc1-n1cncn1)N1C[C@H]2C[C@@H](Oc3ccc(F)cc3)[C@H](O)C[C@H]2C1. The van der Waals surface area contributed by atoms with Gasteiger partial charge in [0.1, 0.15) is 30.3 Å². The van der Waals surface area contributed by atoms with Gasteiger partial charge in [0.25, 0.3) is 5.91 Å². The van der Waals surface area contributed by atoms with E-state index in [1.54, 1.807) is 29.2 Å². The third kappa shape index (κ3) is 3.90. The second-order valence-corrected chi connectivity index (χ2v) is 8.24. The number of hydrogen-bond acceptors (Lipinski definition) is 5. The molecular formula is C23H23FN4O3. The molecule has 1 aliphatic carbocycles. The molecule has 5 rings (SSSR count). The Balaban J connectivity index is 1.30. The van der Waals surface area contributed by atoms with Crippen molar-refractivity contribution in [3.8, 4) is 11.4 Å². The monoisotopic (exact) mass is 422 g/mol. The number of halogens is 1. The number of fused-ring (bicyclic) bond motifs is 1. The van der Waals surface area contributed by atoms with Gasteiger partial charge in [-0.1, -0.05) is 12.1 Å². The predicted octanol–water partition coefficient (Wildman–Crippen LogP) is 2.70. The Labute approximate surface area is 179 Å². The van der Waals surface area contributed by atoms with E-state index in [0.717, 1.165) is 0 Å². The van der Waals surface area contributed by atoms with Crippen LogP contribution in [-0.4, -0.2) is 56.0 Å². The Hall–Kier alpha value is -3.26. The lowest BCUT2D eigenvalue weighted by Gasteiger charge is -2.35. The van der Waals surface area contributed by atoms with Crippen LogP contribution in [0.1, 0.15) is 23.2 Å². The van der Waals surface area contributed by atoms with Crippen LogP contribution in [0.5, 0.6) is 5.75 Å². The Morgan fingerprint density at radius 1 is 1.06 bits per heavy atom. The molecule has 1 N–H and O–H groups in total. The molecule has 1 aromatic heterocycles. The molecule has 2 aliphatic rings. The maximum Gasteiger partial charge on any atom is 0.256 e. The van der Waals surface area contributed by atoms with E-state index in [0.29, 0.717) is 42.9 Å². The van der Waals surface area contributed by atoms with Crippen molar-refractivity contribution in [3.63, 3.8) is 0 Å². The molecule has 2 fully saturated rings. The van der Waals surface area contributed by atoms with Crippen LogP contribution in [0.15, 0.2) is 61.2 Å². The molecule has 8 heteroatoms. The first-order valence-electron chi connectivity index (χ1n) is 10.4. The summed E-state index contributed by atoms with van der Waals surface area (Å²) in [5, 5.41) is 14.8. The molecule has 0 bridgehead atoms. The Morgan fingerprint density at radius 3 is 2.55 bits per heavy atom. The van der Waals surface area contributed by atoms with Gasteiger partial charge in [-0.3, -0.25) is 4.79 Å². The Kier molecular flexibility index (Phi) is 5.15. The third-order valence-electron chi connectivity index (χ3n) is 6.27. The molecule has 0 unspecified atom stereocenters. The summed E-state index contributed by atoms with van der Waals surface area (Å²) in [5.41, 5.74) is 1.27. The highest BCUT2D eigenvalue weighted by molar-refractivity contribution is 5.98. The first-order valence-corrected chi connectivity index (χ1v) is 10.4. The van der Waals surface area contributed by atoms with Gasteiger partial charge >= 0.3 is 0 Å². The second-order valence-electron chi connectivity index (χ2n) is 8.24.